The molecule has 0 bridgehead atoms. The van der Waals surface area contributed by atoms with E-state index in [1.807, 2.05) is 37.3 Å². The van der Waals surface area contributed by atoms with Crippen LogP contribution in [0.5, 0.6) is 0 Å². The van der Waals surface area contributed by atoms with Crippen LogP contribution in [-0.2, 0) is 4.79 Å². The van der Waals surface area contributed by atoms with E-state index in [1.54, 1.807) is 0 Å². The van der Waals surface area contributed by atoms with Crippen molar-refractivity contribution in [2.45, 2.75) is 13.0 Å². The first-order chi connectivity index (χ1) is 11.0. The van der Waals surface area contributed by atoms with Gasteiger partial charge in [0, 0.05) is 11.8 Å². The minimum absolute atomic E-state index is 0.0695. The molecule has 0 aromatic heterocycles. The van der Waals surface area contributed by atoms with Crippen molar-refractivity contribution in [1.82, 2.24) is 5.32 Å². The van der Waals surface area contributed by atoms with Crippen molar-refractivity contribution in [2.24, 2.45) is 0 Å². The van der Waals surface area contributed by atoms with Gasteiger partial charge < -0.3 is 10.6 Å². The van der Waals surface area contributed by atoms with Gasteiger partial charge in [0.05, 0.1) is 17.5 Å². The maximum atomic E-state index is 13.2. The number of nitrogens with zero attached hydrogens (tertiary/aromatic N) is 1. The van der Waals surface area contributed by atoms with Crippen molar-refractivity contribution in [2.75, 3.05) is 11.9 Å². The molecule has 7 heteroatoms. The molecule has 0 saturated heterocycles. The number of carbonyl (C=O) groups excluding carboxylic acids is 1. The predicted molar refractivity (Wildman–Crippen MR) is 84.5 cm³/mol. The fourth-order valence-corrected chi connectivity index (χ4v) is 2.06. The Morgan fingerprint density at radius 1 is 1.26 bits per heavy atom. The number of halogens is 1. The molecule has 2 aromatic carbocycles. The average molecular weight is 317 g/mol. The first-order valence-corrected chi connectivity index (χ1v) is 6.99. The quantitative estimate of drug-likeness (QED) is 0.633. The van der Waals surface area contributed by atoms with Gasteiger partial charge in [-0.25, -0.2) is 0 Å². The van der Waals surface area contributed by atoms with E-state index in [9.17, 15) is 19.3 Å². The van der Waals surface area contributed by atoms with Crippen LogP contribution in [0.1, 0.15) is 18.5 Å². The molecule has 0 aliphatic rings. The van der Waals surface area contributed by atoms with Gasteiger partial charge in [0.1, 0.15) is 0 Å². The molecule has 120 valence electrons. The standard InChI is InChI=1S/C16H16FN3O3/c1-11(12-5-3-2-4-6-12)19-16(21)10-18-13-7-8-14(17)15(9-13)20(22)23/h2-9,11,18H,10H2,1H3,(H,19,21)/t11-/m1/s1. The molecule has 0 spiro atoms. The molecule has 0 radical (unpaired) electrons. The lowest BCUT2D eigenvalue weighted by molar-refractivity contribution is -0.387. The SMILES string of the molecule is C[C@@H](NC(=O)CNc1ccc(F)c([N+](=O)[O-])c1)c1ccccc1. The second-order valence-electron chi connectivity index (χ2n) is 4.98. The molecule has 2 rings (SSSR count). The van der Waals surface area contributed by atoms with E-state index < -0.39 is 16.4 Å². The maximum Gasteiger partial charge on any atom is 0.306 e. The summed E-state index contributed by atoms with van der Waals surface area (Å²) < 4.78 is 13.2. The molecule has 2 N–H and O–H groups in total. The third-order valence-corrected chi connectivity index (χ3v) is 3.27. The van der Waals surface area contributed by atoms with Crippen LogP contribution in [0.4, 0.5) is 15.8 Å². The minimum atomic E-state index is -0.914. The Labute approximate surface area is 132 Å². The highest BCUT2D eigenvalue weighted by Gasteiger charge is 2.15. The van der Waals surface area contributed by atoms with Gasteiger partial charge in [0.15, 0.2) is 0 Å². The van der Waals surface area contributed by atoms with Crippen LogP contribution in [0.2, 0.25) is 0 Å². The zero-order valence-electron chi connectivity index (χ0n) is 12.5. The molecule has 1 amide bonds. The van der Waals surface area contributed by atoms with Crippen LogP contribution < -0.4 is 10.6 Å². The van der Waals surface area contributed by atoms with Crippen LogP contribution in [0.15, 0.2) is 48.5 Å². The fraction of sp³-hybridized carbons (Fsp3) is 0.188. The number of amides is 1. The van der Waals surface area contributed by atoms with Crippen LogP contribution in [-0.4, -0.2) is 17.4 Å². The van der Waals surface area contributed by atoms with Gasteiger partial charge in [0.2, 0.25) is 11.7 Å². The number of anilines is 1. The molecule has 0 saturated carbocycles. The van der Waals surface area contributed by atoms with Gasteiger partial charge in [0.25, 0.3) is 0 Å². The van der Waals surface area contributed by atoms with E-state index in [0.717, 1.165) is 17.7 Å². The minimum Gasteiger partial charge on any atom is -0.376 e. The summed E-state index contributed by atoms with van der Waals surface area (Å²) in [6.07, 6.45) is 0. The molecular formula is C16H16FN3O3. The lowest BCUT2D eigenvalue weighted by atomic mass is 10.1. The lowest BCUT2D eigenvalue weighted by Crippen LogP contribution is -2.32. The zero-order valence-corrected chi connectivity index (χ0v) is 12.5. The van der Waals surface area contributed by atoms with Crippen LogP contribution >= 0.6 is 0 Å². The molecule has 1 atom stereocenters. The Morgan fingerprint density at radius 3 is 2.61 bits per heavy atom. The largest absolute Gasteiger partial charge is 0.376 e. The summed E-state index contributed by atoms with van der Waals surface area (Å²) in [6.45, 7) is 1.79. The second kappa shape index (κ2) is 7.35. The summed E-state index contributed by atoms with van der Waals surface area (Å²) in [5.41, 5.74) is 0.645. The number of benzene rings is 2. The second-order valence-corrected chi connectivity index (χ2v) is 4.98. The summed E-state index contributed by atoms with van der Waals surface area (Å²) in [7, 11) is 0. The normalized spacial score (nSPS) is 11.6. The number of hydrogen-bond acceptors (Lipinski definition) is 4. The van der Waals surface area contributed by atoms with E-state index in [0.29, 0.717) is 5.69 Å². The summed E-state index contributed by atoms with van der Waals surface area (Å²) in [5.74, 6) is -1.18. The third-order valence-electron chi connectivity index (χ3n) is 3.27. The smallest absolute Gasteiger partial charge is 0.306 e. The molecular weight excluding hydrogens is 301 g/mol. The van der Waals surface area contributed by atoms with E-state index in [4.69, 9.17) is 0 Å². The van der Waals surface area contributed by atoms with Gasteiger partial charge in [-0.05, 0) is 24.6 Å². The van der Waals surface area contributed by atoms with Crippen LogP contribution in [0.3, 0.4) is 0 Å². The first kappa shape index (κ1) is 16.4. The summed E-state index contributed by atoms with van der Waals surface area (Å²) >= 11 is 0. The van der Waals surface area contributed by atoms with E-state index in [2.05, 4.69) is 10.6 Å². The number of nitro groups is 1. The van der Waals surface area contributed by atoms with Gasteiger partial charge in [-0.15, -0.1) is 0 Å². The number of nitrogens with one attached hydrogen (secondary N) is 2. The highest BCUT2D eigenvalue weighted by molar-refractivity contribution is 5.81. The molecule has 6 nitrogen and oxygen atoms in total. The molecule has 0 aliphatic heterocycles. The van der Waals surface area contributed by atoms with E-state index in [-0.39, 0.29) is 18.5 Å². The Morgan fingerprint density at radius 2 is 1.96 bits per heavy atom. The first-order valence-electron chi connectivity index (χ1n) is 6.99. The predicted octanol–water partition coefficient (Wildman–Crippen LogP) is 3.02. The summed E-state index contributed by atoms with van der Waals surface area (Å²) in [4.78, 5) is 21.8. The molecule has 23 heavy (non-hydrogen) atoms. The Bertz CT molecular complexity index is 707. The van der Waals surface area contributed by atoms with Gasteiger partial charge in [-0.1, -0.05) is 30.3 Å². The summed E-state index contributed by atoms with van der Waals surface area (Å²) in [5, 5.41) is 16.2. The van der Waals surface area contributed by atoms with Gasteiger partial charge >= 0.3 is 5.69 Å². The van der Waals surface area contributed by atoms with Crippen molar-refractivity contribution in [1.29, 1.82) is 0 Å². The molecule has 0 heterocycles. The van der Waals surface area contributed by atoms with Crippen molar-refractivity contribution >= 4 is 17.3 Å². The number of hydrogen-bond donors (Lipinski definition) is 2. The molecule has 0 unspecified atom stereocenters. The van der Waals surface area contributed by atoms with E-state index >= 15 is 0 Å². The summed E-state index contributed by atoms with van der Waals surface area (Å²) in [6, 6.07) is 12.7. The van der Waals surface area contributed by atoms with Crippen molar-refractivity contribution in [3.63, 3.8) is 0 Å². The maximum absolute atomic E-state index is 13.2. The highest BCUT2D eigenvalue weighted by Crippen LogP contribution is 2.21. The Hall–Kier alpha value is -2.96. The number of carbonyl (C=O) groups is 1. The van der Waals surface area contributed by atoms with Crippen molar-refractivity contribution < 1.29 is 14.1 Å². The van der Waals surface area contributed by atoms with E-state index in [1.165, 1.54) is 6.07 Å². The van der Waals surface area contributed by atoms with Gasteiger partial charge in [-0.3, -0.25) is 14.9 Å². The topological polar surface area (TPSA) is 84.3 Å². The highest BCUT2D eigenvalue weighted by atomic mass is 19.1. The van der Waals surface area contributed by atoms with Crippen LogP contribution in [0.25, 0.3) is 0 Å². The van der Waals surface area contributed by atoms with Crippen molar-refractivity contribution in [3.8, 4) is 0 Å². The van der Waals surface area contributed by atoms with Gasteiger partial charge in [-0.2, -0.15) is 4.39 Å². The number of nitro benzene ring substituents is 1. The lowest BCUT2D eigenvalue weighted by Gasteiger charge is -2.15. The van der Waals surface area contributed by atoms with Crippen molar-refractivity contribution in [3.05, 3.63) is 70.0 Å². The third kappa shape index (κ3) is 4.50. The monoisotopic (exact) mass is 317 g/mol. The fourth-order valence-electron chi connectivity index (χ4n) is 2.06. The molecule has 0 fully saturated rings. The zero-order chi connectivity index (χ0) is 16.8. The Balaban J connectivity index is 1.92. The van der Waals surface area contributed by atoms with Crippen LogP contribution in [0, 0.1) is 15.9 Å². The Kier molecular flexibility index (Phi) is 5.24. The average Bonchev–Trinajstić information content (AvgIpc) is 2.54. The number of rotatable bonds is 6. The molecule has 2 aromatic rings. The molecule has 0 aliphatic carbocycles.